The number of carbonyl (C=O) groups is 3. The summed E-state index contributed by atoms with van der Waals surface area (Å²) in [6.07, 6.45) is 6.95. The molecule has 2 aliphatic rings. The van der Waals surface area contributed by atoms with Crippen LogP contribution in [0.5, 0.6) is 0 Å². The molecule has 2 aromatic carbocycles. The quantitative estimate of drug-likeness (QED) is 0.127. The number of carbonyl (C=O) groups excluding carboxylic acids is 3. The number of H-pyrrole nitrogens is 2. The SMILES string of the molecule is CCC(C)NCC(=O)N1CCC[C@H]1c1ncc(-c2ccc(-c3ccc(-c4cnc([C@@H]5CCCN5C(=O)[C@@H](OC(N)=O)C(C)CC)[nH]4)cc3)cc2)[nH]1. The molecule has 0 saturated carbocycles. The van der Waals surface area contributed by atoms with Gasteiger partial charge < -0.3 is 35.6 Å². The Morgan fingerprint density at radius 3 is 1.78 bits per heavy atom. The third-order valence-electron chi connectivity index (χ3n) is 10.5. The van der Waals surface area contributed by atoms with Crippen LogP contribution in [0.4, 0.5) is 4.79 Å². The lowest BCUT2D eigenvalue weighted by atomic mass is 10.00. The van der Waals surface area contributed by atoms with Gasteiger partial charge in [-0.15, -0.1) is 0 Å². The highest BCUT2D eigenvalue weighted by Gasteiger charge is 2.39. The summed E-state index contributed by atoms with van der Waals surface area (Å²) in [6.45, 7) is 9.72. The van der Waals surface area contributed by atoms with Crippen LogP contribution in [0.3, 0.4) is 0 Å². The number of ether oxygens (including phenoxy) is 1. The summed E-state index contributed by atoms with van der Waals surface area (Å²) in [7, 11) is 0. The van der Waals surface area contributed by atoms with Crippen molar-refractivity contribution in [3.63, 3.8) is 0 Å². The average Bonchev–Trinajstić information content (AvgIpc) is 3.99. The van der Waals surface area contributed by atoms with Crippen molar-refractivity contribution in [1.29, 1.82) is 0 Å². The van der Waals surface area contributed by atoms with Gasteiger partial charge in [0.15, 0.2) is 6.10 Å². The number of imidazole rings is 2. The van der Waals surface area contributed by atoms with Gasteiger partial charge in [0.1, 0.15) is 11.6 Å². The van der Waals surface area contributed by atoms with Gasteiger partial charge in [0.25, 0.3) is 5.91 Å². The van der Waals surface area contributed by atoms with Crippen LogP contribution in [0, 0.1) is 5.92 Å². The summed E-state index contributed by atoms with van der Waals surface area (Å²) in [5, 5.41) is 3.32. The van der Waals surface area contributed by atoms with Crippen LogP contribution < -0.4 is 11.1 Å². The van der Waals surface area contributed by atoms with Gasteiger partial charge in [-0.3, -0.25) is 9.59 Å². The topological polar surface area (TPSA) is 162 Å². The molecule has 5 atom stereocenters. The first-order valence-electron chi connectivity index (χ1n) is 18.3. The molecule has 270 valence electrons. The molecule has 3 amide bonds. The normalized spacial score (nSPS) is 19.2. The molecule has 0 aliphatic carbocycles. The number of nitrogens with two attached hydrogens (primary N) is 1. The number of nitrogens with one attached hydrogen (secondary N) is 3. The lowest BCUT2D eigenvalue weighted by Gasteiger charge is -2.29. The molecule has 2 saturated heterocycles. The first-order valence-corrected chi connectivity index (χ1v) is 18.3. The number of nitrogens with zero attached hydrogens (tertiary/aromatic N) is 4. The minimum Gasteiger partial charge on any atom is -0.436 e. The zero-order valence-electron chi connectivity index (χ0n) is 30.0. The third-order valence-corrected chi connectivity index (χ3v) is 10.5. The maximum Gasteiger partial charge on any atom is 0.405 e. The Kier molecular flexibility index (Phi) is 11.2. The molecule has 0 bridgehead atoms. The van der Waals surface area contributed by atoms with E-state index in [0.29, 0.717) is 31.4 Å². The van der Waals surface area contributed by atoms with Crippen LogP contribution in [0.15, 0.2) is 60.9 Å². The van der Waals surface area contributed by atoms with E-state index in [-0.39, 0.29) is 29.8 Å². The molecule has 2 fully saturated rings. The second kappa shape index (κ2) is 15.9. The summed E-state index contributed by atoms with van der Waals surface area (Å²) in [5.74, 6) is 1.28. The first-order chi connectivity index (χ1) is 24.7. The van der Waals surface area contributed by atoms with E-state index < -0.39 is 12.2 Å². The predicted octanol–water partition coefficient (Wildman–Crippen LogP) is 6.36. The maximum absolute atomic E-state index is 13.5. The molecule has 12 heteroatoms. The fraction of sp³-hybridized carbons (Fsp3) is 0.462. The molecule has 2 unspecified atom stereocenters. The molecule has 12 nitrogen and oxygen atoms in total. The predicted molar refractivity (Wildman–Crippen MR) is 196 cm³/mol. The van der Waals surface area contributed by atoms with Crippen LogP contribution in [-0.4, -0.2) is 79.4 Å². The van der Waals surface area contributed by atoms with Crippen LogP contribution >= 0.6 is 0 Å². The first kappa shape index (κ1) is 35.8. The van der Waals surface area contributed by atoms with Crippen molar-refractivity contribution in [1.82, 2.24) is 35.1 Å². The molecule has 2 aliphatic heterocycles. The Bertz CT molecular complexity index is 1800. The zero-order valence-corrected chi connectivity index (χ0v) is 30.0. The third kappa shape index (κ3) is 8.01. The fourth-order valence-corrected chi connectivity index (χ4v) is 7.07. The summed E-state index contributed by atoms with van der Waals surface area (Å²) in [6, 6.07) is 16.7. The number of aromatic nitrogens is 4. The van der Waals surface area contributed by atoms with Crippen molar-refractivity contribution in [2.75, 3.05) is 19.6 Å². The van der Waals surface area contributed by atoms with Gasteiger partial charge in [-0.2, -0.15) is 0 Å². The molecule has 4 aromatic rings. The van der Waals surface area contributed by atoms with Crippen molar-refractivity contribution < 1.29 is 19.1 Å². The van der Waals surface area contributed by atoms with Crippen molar-refractivity contribution in [2.45, 2.75) is 90.4 Å². The van der Waals surface area contributed by atoms with E-state index in [0.717, 1.165) is 78.1 Å². The lowest BCUT2D eigenvalue weighted by molar-refractivity contribution is -0.144. The maximum atomic E-state index is 13.5. The van der Waals surface area contributed by atoms with E-state index in [1.54, 1.807) is 11.1 Å². The van der Waals surface area contributed by atoms with Gasteiger partial charge in [0, 0.05) is 25.0 Å². The largest absolute Gasteiger partial charge is 0.436 e. The van der Waals surface area contributed by atoms with E-state index in [1.807, 2.05) is 24.9 Å². The van der Waals surface area contributed by atoms with Gasteiger partial charge in [-0.1, -0.05) is 69.3 Å². The van der Waals surface area contributed by atoms with Gasteiger partial charge in [0.05, 0.1) is 42.4 Å². The number of aromatic amines is 2. The molecule has 4 heterocycles. The van der Waals surface area contributed by atoms with Crippen LogP contribution in [0.2, 0.25) is 0 Å². The van der Waals surface area contributed by atoms with Gasteiger partial charge >= 0.3 is 6.09 Å². The number of rotatable bonds is 13. The number of amides is 3. The van der Waals surface area contributed by atoms with Gasteiger partial charge in [-0.25, -0.2) is 14.8 Å². The second-order valence-corrected chi connectivity index (χ2v) is 13.9. The summed E-state index contributed by atoms with van der Waals surface area (Å²) in [5.41, 5.74) is 11.3. The minimum absolute atomic E-state index is 0.0295. The molecule has 51 heavy (non-hydrogen) atoms. The Morgan fingerprint density at radius 2 is 1.29 bits per heavy atom. The highest BCUT2D eigenvalue weighted by Crippen LogP contribution is 2.35. The molecule has 5 N–H and O–H groups in total. The van der Waals surface area contributed by atoms with Gasteiger partial charge in [0.2, 0.25) is 5.91 Å². The molecule has 2 aromatic heterocycles. The number of hydrogen-bond donors (Lipinski definition) is 4. The van der Waals surface area contributed by atoms with Crippen LogP contribution in [0.25, 0.3) is 33.6 Å². The van der Waals surface area contributed by atoms with Crippen molar-refractivity contribution >= 4 is 17.9 Å². The van der Waals surface area contributed by atoms with E-state index in [2.05, 4.69) is 87.6 Å². The number of primary amides is 1. The average molecular weight is 695 g/mol. The van der Waals surface area contributed by atoms with Crippen molar-refractivity contribution in [3.8, 4) is 33.6 Å². The fourth-order valence-electron chi connectivity index (χ4n) is 7.07. The second-order valence-electron chi connectivity index (χ2n) is 13.9. The van der Waals surface area contributed by atoms with E-state index in [4.69, 9.17) is 10.5 Å². The Hall–Kier alpha value is -4.97. The standard InChI is InChI=1S/C39H50N8O4/c1-5-24(3)35(51-39(40)50)38(49)47-20-8-10-33(47)37-43-22-31(45-37)29-17-13-27(14-18-29)26-11-15-28(16-12-26)30-21-42-36(44-30)32-9-7-19-46(32)34(48)23-41-25(4)6-2/h11-18,21-22,24-25,32-33,35,41H,5-10,19-20,23H2,1-4H3,(H2,40,50)(H,42,44)(H,43,45)/t24?,25?,32-,33-,35-/m0/s1. The minimum atomic E-state index is -0.942. The number of benzene rings is 2. The smallest absolute Gasteiger partial charge is 0.405 e. The van der Waals surface area contributed by atoms with Crippen molar-refractivity contribution in [3.05, 3.63) is 72.6 Å². The molecule has 0 radical (unpaired) electrons. The highest BCUT2D eigenvalue weighted by molar-refractivity contribution is 5.84. The Morgan fingerprint density at radius 1 is 0.804 bits per heavy atom. The van der Waals surface area contributed by atoms with Crippen LogP contribution in [0.1, 0.15) is 90.0 Å². The molecule has 0 spiro atoms. The summed E-state index contributed by atoms with van der Waals surface area (Å²) >= 11 is 0. The lowest BCUT2D eigenvalue weighted by Crippen LogP contribution is -2.45. The molecular formula is C39H50N8O4. The van der Waals surface area contributed by atoms with E-state index >= 15 is 0 Å². The molecule has 6 rings (SSSR count). The molecular weight excluding hydrogens is 644 g/mol. The monoisotopic (exact) mass is 694 g/mol. The number of likely N-dealkylation sites (tertiary alicyclic amines) is 2. The van der Waals surface area contributed by atoms with Crippen molar-refractivity contribution in [2.24, 2.45) is 11.7 Å². The summed E-state index contributed by atoms with van der Waals surface area (Å²) in [4.78, 5) is 58.0. The van der Waals surface area contributed by atoms with E-state index in [9.17, 15) is 14.4 Å². The summed E-state index contributed by atoms with van der Waals surface area (Å²) < 4.78 is 5.26. The Labute approximate surface area is 299 Å². The van der Waals surface area contributed by atoms with E-state index in [1.165, 1.54) is 0 Å². The highest BCUT2D eigenvalue weighted by atomic mass is 16.6. The van der Waals surface area contributed by atoms with Gasteiger partial charge in [-0.05, 0) is 67.7 Å². The zero-order chi connectivity index (χ0) is 36.1. The number of hydrogen-bond acceptors (Lipinski definition) is 7. The van der Waals surface area contributed by atoms with Crippen LogP contribution in [-0.2, 0) is 14.3 Å². The Balaban J connectivity index is 1.10.